The number of hydrogen-bond acceptors (Lipinski definition) is 3. The average Bonchev–Trinajstić information content (AvgIpc) is 2.84. The maximum atomic E-state index is 13.6. The first-order valence-electron chi connectivity index (χ1n) is 11.6. The van der Waals surface area contributed by atoms with Crippen LogP contribution in [0.5, 0.6) is 0 Å². The molecule has 0 spiro atoms. The highest BCUT2D eigenvalue weighted by Gasteiger charge is 2.30. The summed E-state index contributed by atoms with van der Waals surface area (Å²) in [6.45, 7) is 4.12. The van der Waals surface area contributed by atoms with Crippen LogP contribution in [0.1, 0.15) is 30.5 Å². The fraction of sp³-hybridized carbons (Fsp3) is 0.286. The van der Waals surface area contributed by atoms with Crippen molar-refractivity contribution in [1.82, 2.24) is 10.2 Å². The van der Waals surface area contributed by atoms with Crippen LogP contribution >= 0.6 is 46.6 Å². The van der Waals surface area contributed by atoms with Crippen molar-refractivity contribution in [3.8, 4) is 0 Å². The fourth-order valence-corrected chi connectivity index (χ4v) is 4.99. The van der Waals surface area contributed by atoms with E-state index < -0.39 is 6.04 Å². The number of nitrogens with zero attached hydrogens (tertiary/aromatic N) is 1. The van der Waals surface area contributed by atoms with Gasteiger partial charge in [0.05, 0.1) is 15.8 Å². The lowest BCUT2D eigenvalue weighted by Gasteiger charge is -2.32. The molecule has 0 saturated heterocycles. The van der Waals surface area contributed by atoms with E-state index in [4.69, 9.17) is 34.8 Å². The smallest absolute Gasteiger partial charge is 0.243 e. The second-order valence-corrected chi connectivity index (χ2v) is 11.0. The zero-order valence-corrected chi connectivity index (χ0v) is 23.3. The van der Waals surface area contributed by atoms with E-state index >= 15 is 0 Å². The molecular weight excluding hydrogens is 535 g/mol. The number of carbonyl (C=O) groups excluding carboxylic acids is 2. The quantitative estimate of drug-likeness (QED) is 0.272. The van der Waals surface area contributed by atoms with Crippen LogP contribution in [0, 0.1) is 0 Å². The average molecular weight is 564 g/mol. The lowest BCUT2D eigenvalue weighted by Crippen LogP contribution is -2.52. The number of hydrogen-bond donors (Lipinski definition) is 1. The van der Waals surface area contributed by atoms with Crippen molar-refractivity contribution in [3.63, 3.8) is 0 Å². The maximum Gasteiger partial charge on any atom is 0.243 e. The van der Waals surface area contributed by atoms with Crippen molar-refractivity contribution < 1.29 is 9.59 Å². The van der Waals surface area contributed by atoms with Crippen molar-refractivity contribution in [2.75, 3.05) is 5.75 Å². The van der Waals surface area contributed by atoms with Crippen LogP contribution in [0.4, 0.5) is 0 Å². The van der Waals surface area contributed by atoms with Gasteiger partial charge in [0.25, 0.3) is 0 Å². The van der Waals surface area contributed by atoms with Crippen LogP contribution < -0.4 is 5.32 Å². The Morgan fingerprint density at radius 2 is 1.53 bits per heavy atom. The van der Waals surface area contributed by atoms with Crippen LogP contribution in [0.3, 0.4) is 0 Å². The molecule has 4 nitrogen and oxygen atoms in total. The molecule has 0 aliphatic heterocycles. The summed E-state index contributed by atoms with van der Waals surface area (Å²) in [7, 11) is 0. The van der Waals surface area contributed by atoms with Crippen LogP contribution in [-0.4, -0.2) is 34.6 Å². The lowest BCUT2D eigenvalue weighted by atomic mass is 10.0. The highest BCUT2D eigenvalue weighted by atomic mass is 35.5. The standard InChI is InChI=1S/C28H29Cl3N2O2S/c1-19(2)32-28(35)26(15-20-6-4-3-5-7-20)33(16-21-8-11-23(29)12-9-21)27(34)18-36-17-22-10-13-24(30)25(31)14-22/h3-14,19,26H,15-18H2,1-2H3,(H,32,35)/t26-/m0/s1. The molecule has 0 unspecified atom stereocenters. The van der Waals surface area contributed by atoms with Gasteiger partial charge in [-0.2, -0.15) is 0 Å². The number of benzene rings is 3. The van der Waals surface area contributed by atoms with Gasteiger partial charge in [0.15, 0.2) is 0 Å². The van der Waals surface area contributed by atoms with Crippen molar-refractivity contribution in [3.05, 3.63) is 105 Å². The lowest BCUT2D eigenvalue weighted by molar-refractivity contribution is -0.139. The predicted molar refractivity (Wildman–Crippen MR) is 152 cm³/mol. The number of thioether (sulfide) groups is 1. The molecule has 0 aliphatic rings. The van der Waals surface area contributed by atoms with Gasteiger partial charge >= 0.3 is 0 Å². The molecule has 0 fully saturated rings. The third-order valence-corrected chi connectivity index (χ3v) is 7.43. The van der Waals surface area contributed by atoms with Gasteiger partial charge in [-0.25, -0.2) is 0 Å². The van der Waals surface area contributed by atoms with E-state index in [-0.39, 0.29) is 23.6 Å². The number of rotatable bonds is 11. The van der Waals surface area contributed by atoms with Gasteiger partial charge in [-0.1, -0.05) is 83.3 Å². The summed E-state index contributed by atoms with van der Waals surface area (Å²) in [4.78, 5) is 28.6. The highest BCUT2D eigenvalue weighted by molar-refractivity contribution is 7.99. The van der Waals surface area contributed by atoms with Crippen molar-refractivity contribution >= 4 is 58.4 Å². The molecule has 8 heteroatoms. The molecule has 3 rings (SSSR count). The first kappa shape index (κ1) is 28.4. The third-order valence-electron chi connectivity index (χ3n) is 5.45. The summed E-state index contributed by atoms with van der Waals surface area (Å²) >= 11 is 19.7. The Morgan fingerprint density at radius 1 is 0.861 bits per heavy atom. The van der Waals surface area contributed by atoms with Gasteiger partial charge in [0.1, 0.15) is 6.04 Å². The monoisotopic (exact) mass is 562 g/mol. The largest absolute Gasteiger partial charge is 0.352 e. The van der Waals surface area contributed by atoms with Crippen molar-refractivity contribution in [1.29, 1.82) is 0 Å². The van der Waals surface area contributed by atoms with Gasteiger partial charge < -0.3 is 10.2 Å². The van der Waals surface area contributed by atoms with E-state index in [1.165, 1.54) is 11.8 Å². The zero-order chi connectivity index (χ0) is 26.1. The Hall–Kier alpha value is -2.18. The molecule has 0 bridgehead atoms. The predicted octanol–water partition coefficient (Wildman–Crippen LogP) is 7.04. The van der Waals surface area contributed by atoms with Crippen LogP contribution in [0.25, 0.3) is 0 Å². The second kappa shape index (κ2) is 13.9. The molecule has 0 radical (unpaired) electrons. The molecule has 190 valence electrons. The Balaban J connectivity index is 1.83. The second-order valence-electron chi connectivity index (χ2n) is 8.76. The molecule has 1 atom stereocenters. The summed E-state index contributed by atoms with van der Waals surface area (Å²) in [6.07, 6.45) is 0.413. The fourth-order valence-electron chi connectivity index (χ4n) is 3.69. The Labute approximate surface area is 232 Å². The van der Waals surface area contributed by atoms with E-state index in [9.17, 15) is 9.59 Å². The number of halogens is 3. The summed E-state index contributed by atoms with van der Waals surface area (Å²) in [5.74, 6) is 0.521. The van der Waals surface area contributed by atoms with Gasteiger partial charge in [0.2, 0.25) is 11.8 Å². The molecule has 0 aromatic heterocycles. The normalized spacial score (nSPS) is 11.8. The number of nitrogens with one attached hydrogen (secondary N) is 1. The minimum absolute atomic E-state index is 0.0488. The van der Waals surface area contributed by atoms with E-state index in [1.807, 2.05) is 62.4 Å². The summed E-state index contributed by atoms with van der Waals surface area (Å²) in [5, 5.41) is 4.60. The van der Waals surface area contributed by atoms with Crippen molar-refractivity contribution in [2.45, 2.75) is 44.6 Å². The molecular formula is C28H29Cl3N2O2S. The topological polar surface area (TPSA) is 49.4 Å². The molecule has 0 heterocycles. The van der Waals surface area contributed by atoms with E-state index in [0.717, 1.165) is 16.7 Å². The van der Waals surface area contributed by atoms with E-state index in [0.29, 0.717) is 33.8 Å². The van der Waals surface area contributed by atoms with E-state index in [1.54, 1.807) is 29.2 Å². The first-order valence-corrected chi connectivity index (χ1v) is 13.9. The summed E-state index contributed by atoms with van der Waals surface area (Å²) in [6, 6.07) is 21.8. The molecule has 2 amide bonds. The molecule has 3 aromatic carbocycles. The Kier molecular flexibility index (Phi) is 11.0. The minimum Gasteiger partial charge on any atom is -0.352 e. The van der Waals surface area contributed by atoms with Gasteiger partial charge in [0, 0.05) is 29.8 Å². The minimum atomic E-state index is -0.663. The first-order chi connectivity index (χ1) is 17.2. The van der Waals surface area contributed by atoms with Crippen LogP contribution in [0.2, 0.25) is 15.1 Å². The van der Waals surface area contributed by atoms with Gasteiger partial charge in [-0.05, 0) is 54.8 Å². The SMILES string of the molecule is CC(C)NC(=O)[C@H](Cc1ccccc1)N(Cc1ccc(Cl)cc1)C(=O)CSCc1ccc(Cl)c(Cl)c1. The molecule has 0 aliphatic carbocycles. The third kappa shape index (κ3) is 8.74. The molecule has 0 saturated carbocycles. The maximum absolute atomic E-state index is 13.6. The van der Waals surface area contributed by atoms with Crippen LogP contribution in [0.15, 0.2) is 72.8 Å². The van der Waals surface area contributed by atoms with Crippen LogP contribution in [-0.2, 0) is 28.3 Å². The number of carbonyl (C=O) groups is 2. The zero-order valence-electron chi connectivity index (χ0n) is 20.2. The molecule has 3 aromatic rings. The Bertz CT molecular complexity index is 1160. The Morgan fingerprint density at radius 3 is 2.17 bits per heavy atom. The molecule has 36 heavy (non-hydrogen) atoms. The summed E-state index contributed by atoms with van der Waals surface area (Å²) < 4.78 is 0. The highest BCUT2D eigenvalue weighted by Crippen LogP contribution is 2.25. The molecule has 1 N–H and O–H groups in total. The number of amides is 2. The summed E-state index contributed by atoms with van der Waals surface area (Å²) in [5.41, 5.74) is 2.86. The van der Waals surface area contributed by atoms with E-state index in [2.05, 4.69) is 5.32 Å². The van der Waals surface area contributed by atoms with Gasteiger partial charge in [-0.3, -0.25) is 9.59 Å². The van der Waals surface area contributed by atoms with Gasteiger partial charge in [-0.15, -0.1) is 11.8 Å². The van der Waals surface area contributed by atoms with Crippen molar-refractivity contribution in [2.24, 2.45) is 0 Å².